The second-order valence-corrected chi connectivity index (χ2v) is 2.52. The summed E-state index contributed by atoms with van der Waals surface area (Å²) in [5.41, 5.74) is -0.334. The van der Waals surface area contributed by atoms with E-state index in [1.54, 1.807) is 0 Å². The zero-order valence-electron chi connectivity index (χ0n) is 6.56. The van der Waals surface area contributed by atoms with Gasteiger partial charge >= 0.3 is 5.69 Å². The topological polar surface area (TPSA) is 79.3 Å². The maximum atomic E-state index is 10.9. The highest BCUT2D eigenvalue weighted by atomic mass is 35.5. The molecule has 6 nitrogen and oxygen atoms in total. The summed E-state index contributed by atoms with van der Waals surface area (Å²) in [5.74, 6) is -0.121. The van der Waals surface area contributed by atoms with Crippen molar-refractivity contribution in [3.05, 3.63) is 32.7 Å². The number of hydrogen-bond donors (Lipinski definition) is 0. The normalized spacial score (nSPS) is 9.69. The van der Waals surface area contributed by atoms with Gasteiger partial charge < -0.3 is 9.94 Å². The maximum Gasteiger partial charge on any atom is 0.325 e. The minimum Gasteiger partial charge on any atom is -0.618 e. The predicted octanol–water partition coefficient (Wildman–Crippen LogP) is 0.890. The third-order valence-electron chi connectivity index (χ3n) is 1.37. The molecule has 0 atom stereocenters. The number of halogens is 1. The van der Waals surface area contributed by atoms with Crippen molar-refractivity contribution in [2.75, 3.05) is 7.11 Å². The Hall–Kier alpha value is -1.56. The molecule has 7 heteroatoms. The van der Waals surface area contributed by atoms with Crippen LogP contribution in [0.4, 0.5) is 5.69 Å². The number of hydrogen-bond acceptors (Lipinski definition) is 4. The van der Waals surface area contributed by atoms with E-state index in [0.29, 0.717) is 0 Å². The average Bonchev–Trinajstić information content (AvgIpc) is 2.08. The van der Waals surface area contributed by atoms with Gasteiger partial charge in [-0.15, -0.1) is 0 Å². The van der Waals surface area contributed by atoms with Gasteiger partial charge in [-0.05, 0) is 11.6 Å². The fraction of sp³-hybridized carbons (Fsp3) is 0.167. The van der Waals surface area contributed by atoms with E-state index in [4.69, 9.17) is 11.6 Å². The molecule has 13 heavy (non-hydrogen) atoms. The summed E-state index contributed by atoms with van der Waals surface area (Å²) in [6.45, 7) is 0. The van der Waals surface area contributed by atoms with Gasteiger partial charge in [0.1, 0.15) is 6.07 Å². The quantitative estimate of drug-likeness (QED) is 0.236. The lowest BCUT2D eigenvalue weighted by Crippen LogP contribution is -2.27. The number of rotatable bonds is 2. The number of methoxy groups -OCH3 is 1. The van der Waals surface area contributed by atoms with Crippen LogP contribution in [0.2, 0.25) is 5.15 Å². The molecule has 1 aromatic rings. The van der Waals surface area contributed by atoms with Crippen molar-refractivity contribution in [1.29, 1.82) is 0 Å². The van der Waals surface area contributed by atoms with Crippen molar-refractivity contribution < 1.29 is 14.4 Å². The molecule has 0 saturated heterocycles. The van der Waals surface area contributed by atoms with E-state index in [1.807, 2.05) is 0 Å². The van der Waals surface area contributed by atoms with Crippen LogP contribution in [0.3, 0.4) is 0 Å². The van der Waals surface area contributed by atoms with Gasteiger partial charge in [-0.1, -0.05) is 0 Å². The van der Waals surface area contributed by atoms with Gasteiger partial charge in [0, 0.05) is 0 Å². The highest BCUT2D eigenvalue weighted by Gasteiger charge is 2.21. The largest absolute Gasteiger partial charge is 0.618 e. The van der Waals surface area contributed by atoms with Crippen LogP contribution in [0, 0.1) is 15.3 Å². The standard InChI is InChI=1S/C6H5ClN2O4/c1-13-5-3-8(10)6(7)2-4(5)9(11)12/h2-3H,1H3. The first kappa shape index (κ1) is 9.53. The number of nitro groups is 1. The van der Waals surface area contributed by atoms with Crippen LogP contribution in [0.25, 0.3) is 0 Å². The summed E-state index contributed by atoms with van der Waals surface area (Å²) in [5, 5.41) is 21.0. The van der Waals surface area contributed by atoms with E-state index in [-0.39, 0.29) is 21.3 Å². The summed E-state index contributed by atoms with van der Waals surface area (Å²) in [6.07, 6.45) is 0.903. The average molecular weight is 205 g/mol. The summed E-state index contributed by atoms with van der Waals surface area (Å²) in [6, 6.07) is 0.938. The summed E-state index contributed by atoms with van der Waals surface area (Å²) < 4.78 is 4.91. The molecule has 0 aliphatic heterocycles. The lowest BCUT2D eigenvalue weighted by atomic mass is 10.4. The summed E-state index contributed by atoms with van der Waals surface area (Å²) >= 11 is 5.38. The van der Waals surface area contributed by atoms with Gasteiger partial charge in [-0.2, -0.15) is 4.73 Å². The van der Waals surface area contributed by atoms with E-state index in [0.717, 1.165) is 12.3 Å². The first-order valence-electron chi connectivity index (χ1n) is 3.17. The number of ether oxygens (including phenoxy) is 1. The van der Waals surface area contributed by atoms with Crippen molar-refractivity contribution in [2.24, 2.45) is 0 Å². The number of aromatic nitrogens is 1. The zero-order chi connectivity index (χ0) is 10.0. The third kappa shape index (κ3) is 1.78. The van der Waals surface area contributed by atoms with Crippen LogP contribution >= 0.6 is 11.6 Å². The van der Waals surface area contributed by atoms with Crippen LogP contribution in [-0.4, -0.2) is 12.0 Å². The molecule has 0 aromatic carbocycles. The Morgan fingerprint density at radius 2 is 2.31 bits per heavy atom. The van der Waals surface area contributed by atoms with E-state index in [1.165, 1.54) is 7.11 Å². The van der Waals surface area contributed by atoms with E-state index < -0.39 is 4.92 Å². The monoisotopic (exact) mass is 204 g/mol. The van der Waals surface area contributed by atoms with Crippen LogP contribution in [0.15, 0.2) is 12.3 Å². The second kappa shape index (κ2) is 3.44. The Balaban J connectivity index is 3.33. The first-order chi connectivity index (χ1) is 6.06. The zero-order valence-corrected chi connectivity index (χ0v) is 7.32. The van der Waals surface area contributed by atoms with E-state index in [2.05, 4.69) is 4.74 Å². The van der Waals surface area contributed by atoms with Gasteiger partial charge in [0.25, 0.3) is 10.9 Å². The molecule has 0 fully saturated rings. The Labute approximate surface area is 78.0 Å². The summed E-state index contributed by atoms with van der Waals surface area (Å²) in [7, 11) is 1.23. The highest BCUT2D eigenvalue weighted by Crippen LogP contribution is 2.26. The molecule has 1 aromatic heterocycles. The molecule has 1 heterocycles. The van der Waals surface area contributed by atoms with E-state index in [9.17, 15) is 15.3 Å². The Bertz CT molecular complexity index is 355. The summed E-state index contributed by atoms with van der Waals surface area (Å²) in [4.78, 5) is 9.72. The Morgan fingerprint density at radius 1 is 1.69 bits per heavy atom. The van der Waals surface area contributed by atoms with Crippen molar-refractivity contribution >= 4 is 17.3 Å². The molecule has 0 spiro atoms. The third-order valence-corrected chi connectivity index (χ3v) is 1.65. The lowest BCUT2D eigenvalue weighted by molar-refractivity contribution is -0.604. The first-order valence-corrected chi connectivity index (χ1v) is 3.55. The molecule has 0 saturated carbocycles. The van der Waals surface area contributed by atoms with Crippen LogP contribution in [-0.2, 0) is 0 Å². The molecule has 1 rings (SSSR count). The smallest absolute Gasteiger partial charge is 0.325 e. The molecule has 0 amide bonds. The van der Waals surface area contributed by atoms with Crippen molar-refractivity contribution in [2.45, 2.75) is 0 Å². The van der Waals surface area contributed by atoms with Gasteiger partial charge in [0.05, 0.1) is 12.0 Å². The molecule has 0 N–H and O–H groups in total. The SMILES string of the molecule is COc1c[n+]([O-])c(Cl)cc1[N+](=O)[O-]. The van der Waals surface area contributed by atoms with Crippen LogP contribution in [0.5, 0.6) is 5.75 Å². The van der Waals surface area contributed by atoms with Gasteiger partial charge in [-0.25, -0.2) is 0 Å². The molecule has 70 valence electrons. The minimum absolute atomic E-state index is 0.121. The predicted molar refractivity (Wildman–Crippen MR) is 43.6 cm³/mol. The van der Waals surface area contributed by atoms with Crippen molar-refractivity contribution in [3.8, 4) is 5.75 Å². The molecule has 0 radical (unpaired) electrons. The lowest BCUT2D eigenvalue weighted by Gasteiger charge is -2.02. The molecular formula is C6H5ClN2O4. The fourth-order valence-electron chi connectivity index (χ4n) is 0.782. The highest BCUT2D eigenvalue weighted by molar-refractivity contribution is 6.28. The Morgan fingerprint density at radius 3 is 2.77 bits per heavy atom. The minimum atomic E-state index is -0.676. The molecule has 0 unspecified atom stereocenters. The molecule has 0 aliphatic carbocycles. The van der Waals surface area contributed by atoms with Crippen LogP contribution < -0.4 is 9.47 Å². The molecular weight excluding hydrogens is 200 g/mol. The number of pyridine rings is 1. The maximum absolute atomic E-state index is 10.9. The van der Waals surface area contributed by atoms with Gasteiger partial charge in [0.15, 0.2) is 0 Å². The van der Waals surface area contributed by atoms with Crippen molar-refractivity contribution in [3.63, 3.8) is 0 Å². The van der Waals surface area contributed by atoms with Gasteiger partial charge in [0.2, 0.25) is 6.20 Å². The van der Waals surface area contributed by atoms with Crippen LogP contribution in [0.1, 0.15) is 0 Å². The number of nitrogens with zero attached hydrogens (tertiary/aromatic N) is 2. The molecule has 0 bridgehead atoms. The fourth-order valence-corrected chi connectivity index (χ4v) is 0.934. The Kier molecular flexibility index (Phi) is 2.52. The van der Waals surface area contributed by atoms with Crippen molar-refractivity contribution in [1.82, 2.24) is 0 Å². The van der Waals surface area contributed by atoms with E-state index >= 15 is 0 Å². The van der Waals surface area contributed by atoms with Gasteiger partial charge in [-0.3, -0.25) is 10.1 Å². The second-order valence-electron chi connectivity index (χ2n) is 2.13. The molecule has 0 aliphatic rings.